The number of methoxy groups -OCH3 is 1. The molecule has 144 valence electrons. The number of piperidine rings is 1. The summed E-state index contributed by atoms with van der Waals surface area (Å²) in [5, 5.41) is 4.22. The van der Waals surface area contributed by atoms with E-state index < -0.39 is 0 Å². The van der Waals surface area contributed by atoms with Gasteiger partial charge in [-0.2, -0.15) is 5.10 Å². The average molecular weight is 369 g/mol. The lowest BCUT2D eigenvalue weighted by Crippen LogP contribution is -2.60. The van der Waals surface area contributed by atoms with Crippen LogP contribution in [0.25, 0.3) is 0 Å². The molecule has 0 N–H and O–H groups in total. The molecule has 7 heteroatoms. The molecule has 2 aromatic heterocycles. The van der Waals surface area contributed by atoms with Crippen molar-refractivity contribution in [1.29, 1.82) is 0 Å². The van der Waals surface area contributed by atoms with Crippen LogP contribution in [0.15, 0.2) is 36.8 Å². The Labute approximate surface area is 159 Å². The summed E-state index contributed by atoms with van der Waals surface area (Å²) >= 11 is 0. The highest BCUT2D eigenvalue weighted by Crippen LogP contribution is 2.39. The third-order valence-corrected chi connectivity index (χ3v) is 5.88. The van der Waals surface area contributed by atoms with E-state index in [0.29, 0.717) is 18.3 Å². The van der Waals surface area contributed by atoms with Crippen molar-refractivity contribution in [2.24, 2.45) is 0 Å². The quantitative estimate of drug-likeness (QED) is 0.806. The van der Waals surface area contributed by atoms with Gasteiger partial charge in [0.2, 0.25) is 0 Å². The van der Waals surface area contributed by atoms with Crippen LogP contribution in [-0.2, 0) is 11.3 Å². The molecular formula is C20H27N5O2. The summed E-state index contributed by atoms with van der Waals surface area (Å²) in [5.74, 6) is 0.0926. The first-order valence-electron chi connectivity index (χ1n) is 9.72. The number of aryl methyl sites for hydroxylation is 1. The number of carbonyl (C=O) groups is 1. The molecule has 2 saturated heterocycles. The van der Waals surface area contributed by atoms with E-state index >= 15 is 0 Å². The fourth-order valence-electron chi connectivity index (χ4n) is 4.36. The van der Waals surface area contributed by atoms with Gasteiger partial charge in [-0.3, -0.25) is 19.4 Å². The van der Waals surface area contributed by atoms with Crippen LogP contribution in [0.1, 0.15) is 41.9 Å². The van der Waals surface area contributed by atoms with Gasteiger partial charge in [-0.1, -0.05) is 6.07 Å². The minimum absolute atomic E-state index is 0.0926. The topological polar surface area (TPSA) is 63.5 Å². The normalized spacial score (nSPS) is 24.0. The standard InChI is InChI=1S/C20H27N5O2/c1-3-25-17(6-10-22-25)20(26)23-11-7-16(8-12-23)24-14-18(27-2)19(24)15-5-4-9-21-13-15/h4-6,9-10,13,16,18-19H,3,7-8,11-12,14H2,1-2H3. The van der Waals surface area contributed by atoms with Crippen molar-refractivity contribution in [3.05, 3.63) is 48.0 Å². The third kappa shape index (κ3) is 3.37. The minimum Gasteiger partial charge on any atom is -0.378 e. The number of ether oxygens (including phenoxy) is 1. The van der Waals surface area contributed by atoms with Gasteiger partial charge in [0.25, 0.3) is 5.91 Å². The fourth-order valence-corrected chi connectivity index (χ4v) is 4.36. The molecule has 4 heterocycles. The molecule has 7 nitrogen and oxygen atoms in total. The summed E-state index contributed by atoms with van der Waals surface area (Å²) in [5.41, 5.74) is 1.90. The summed E-state index contributed by atoms with van der Waals surface area (Å²) in [7, 11) is 1.78. The summed E-state index contributed by atoms with van der Waals surface area (Å²) in [6, 6.07) is 6.66. The first kappa shape index (κ1) is 18.1. The highest BCUT2D eigenvalue weighted by atomic mass is 16.5. The van der Waals surface area contributed by atoms with Gasteiger partial charge >= 0.3 is 0 Å². The minimum atomic E-state index is 0.0926. The molecule has 0 spiro atoms. The van der Waals surface area contributed by atoms with Gasteiger partial charge in [0, 0.05) is 57.9 Å². The van der Waals surface area contributed by atoms with Crippen LogP contribution in [-0.4, -0.2) is 69.4 Å². The van der Waals surface area contributed by atoms with Gasteiger partial charge < -0.3 is 9.64 Å². The number of aromatic nitrogens is 3. The zero-order valence-corrected chi connectivity index (χ0v) is 16.0. The number of hydrogen-bond acceptors (Lipinski definition) is 5. The molecule has 1 amide bonds. The van der Waals surface area contributed by atoms with Gasteiger partial charge in [0.15, 0.2) is 0 Å². The Hall–Kier alpha value is -2.25. The van der Waals surface area contributed by atoms with Gasteiger partial charge in [-0.15, -0.1) is 0 Å². The first-order chi connectivity index (χ1) is 13.2. The number of carbonyl (C=O) groups excluding carboxylic acids is 1. The molecular weight excluding hydrogens is 342 g/mol. The lowest BCUT2D eigenvalue weighted by atomic mass is 9.87. The maximum absolute atomic E-state index is 12.8. The number of pyridine rings is 1. The monoisotopic (exact) mass is 369 g/mol. The first-order valence-corrected chi connectivity index (χ1v) is 9.72. The van der Waals surface area contributed by atoms with E-state index in [1.54, 1.807) is 24.2 Å². The van der Waals surface area contributed by atoms with Gasteiger partial charge in [0.05, 0.1) is 12.1 Å². The predicted molar refractivity (Wildman–Crippen MR) is 101 cm³/mol. The fraction of sp³-hybridized carbons (Fsp3) is 0.550. The molecule has 4 rings (SSSR count). The molecule has 2 unspecified atom stereocenters. The van der Waals surface area contributed by atoms with E-state index in [9.17, 15) is 4.79 Å². The molecule has 0 aliphatic carbocycles. The summed E-state index contributed by atoms with van der Waals surface area (Å²) < 4.78 is 7.43. The molecule has 0 aromatic carbocycles. The Morgan fingerprint density at radius 2 is 2.07 bits per heavy atom. The predicted octanol–water partition coefficient (Wildman–Crippen LogP) is 1.97. The second-order valence-corrected chi connectivity index (χ2v) is 7.26. The van der Waals surface area contributed by atoms with E-state index in [1.165, 1.54) is 5.56 Å². The highest BCUT2D eigenvalue weighted by Gasteiger charge is 2.44. The maximum Gasteiger partial charge on any atom is 0.272 e. The van der Waals surface area contributed by atoms with Crippen molar-refractivity contribution >= 4 is 5.91 Å². The molecule has 2 aliphatic heterocycles. The largest absolute Gasteiger partial charge is 0.378 e. The highest BCUT2D eigenvalue weighted by molar-refractivity contribution is 5.92. The maximum atomic E-state index is 12.8. The van der Waals surface area contributed by atoms with Crippen molar-refractivity contribution in [3.8, 4) is 0 Å². The second-order valence-electron chi connectivity index (χ2n) is 7.26. The second kappa shape index (κ2) is 7.78. The van der Waals surface area contributed by atoms with Gasteiger partial charge in [-0.25, -0.2) is 0 Å². The zero-order valence-electron chi connectivity index (χ0n) is 16.0. The van der Waals surface area contributed by atoms with Crippen LogP contribution in [0, 0.1) is 0 Å². The Morgan fingerprint density at radius 3 is 2.74 bits per heavy atom. The number of nitrogens with zero attached hydrogens (tertiary/aromatic N) is 5. The van der Waals surface area contributed by atoms with Crippen molar-refractivity contribution in [2.75, 3.05) is 26.7 Å². The number of amides is 1. The number of hydrogen-bond donors (Lipinski definition) is 0. The number of rotatable bonds is 5. The van der Waals surface area contributed by atoms with Crippen LogP contribution in [0.5, 0.6) is 0 Å². The molecule has 0 radical (unpaired) electrons. The third-order valence-electron chi connectivity index (χ3n) is 5.88. The molecule has 0 bridgehead atoms. The summed E-state index contributed by atoms with van der Waals surface area (Å²) in [6.45, 7) is 5.23. The molecule has 0 saturated carbocycles. The summed E-state index contributed by atoms with van der Waals surface area (Å²) in [6.07, 6.45) is 7.63. The smallest absolute Gasteiger partial charge is 0.272 e. The van der Waals surface area contributed by atoms with Gasteiger partial charge in [-0.05, 0) is 37.5 Å². The lowest BCUT2D eigenvalue weighted by molar-refractivity contribution is -0.115. The zero-order chi connectivity index (χ0) is 18.8. The molecule has 2 fully saturated rings. The van der Waals surface area contributed by atoms with Crippen molar-refractivity contribution in [2.45, 2.75) is 44.5 Å². The molecule has 2 aromatic rings. The van der Waals surface area contributed by atoms with E-state index in [-0.39, 0.29) is 18.1 Å². The SMILES string of the molecule is CCn1nccc1C(=O)N1CCC(N2CC(OC)C2c2cccnc2)CC1. The summed E-state index contributed by atoms with van der Waals surface area (Å²) in [4.78, 5) is 21.6. The molecule has 2 atom stereocenters. The number of likely N-dealkylation sites (tertiary alicyclic amines) is 2. The van der Waals surface area contributed by atoms with Crippen LogP contribution in [0.4, 0.5) is 0 Å². The van der Waals surface area contributed by atoms with Crippen LogP contribution >= 0.6 is 0 Å². The van der Waals surface area contributed by atoms with E-state index in [2.05, 4.69) is 21.0 Å². The Balaban J connectivity index is 1.40. The lowest BCUT2D eigenvalue weighted by Gasteiger charge is -2.52. The van der Waals surface area contributed by atoms with Gasteiger partial charge in [0.1, 0.15) is 5.69 Å². The van der Waals surface area contributed by atoms with Crippen molar-refractivity contribution < 1.29 is 9.53 Å². The molecule has 2 aliphatic rings. The Kier molecular flexibility index (Phi) is 5.22. The van der Waals surface area contributed by atoms with Crippen LogP contribution < -0.4 is 0 Å². The van der Waals surface area contributed by atoms with Crippen LogP contribution in [0.2, 0.25) is 0 Å². The van der Waals surface area contributed by atoms with E-state index in [0.717, 1.165) is 32.5 Å². The molecule has 27 heavy (non-hydrogen) atoms. The van der Waals surface area contributed by atoms with Crippen LogP contribution in [0.3, 0.4) is 0 Å². The average Bonchev–Trinajstić information content (AvgIpc) is 3.17. The van der Waals surface area contributed by atoms with Crippen molar-refractivity contribution in [3.63, 3.8) is 0 Å². The van der Waals surface area contributed by atoms with E-state index in [1.807, 2.05) is 30.2 Å². The Bertz CT molecular complexity index is 770. The Morgan fingerprint density at radius 1 is 1.26 bits per heavy atom. The van der Waals surface area contributed by atoms with Crippen molar-refractivity contribution in [1.82, 2.24) is 24.6 Å². The van der Waals surface area contributed by atoms with E-state index in [4.69, 9.17) is 4.74 Å².